The molecular weight excluding hydrogens is 370 g/mol. The van der Waals surface area contributed by atoms with E-state index in [0.29, 0.717) is 12.2 Å². The van der Waals surface area contributed by atoms with Gasteiger partial charge in [-0.05, 0) is 34.7 Å². The lowest BCUT2D eigenvalue weighted by Gasteiger charge is -2.12. The van der Waals surface area contributed by atoms with Crippen LogP contribution in [0.15, 0.2) is 66.0 Å². The van der Waals surface area contributed by atoms with Gasteiger partial charge < -0.3 is 14.0 Å². The molecule has 0 spiro atoms. The van der Waals surface area contributed by atoms with Crippen LogP contribution in [0.2, 0.25) is 0 Å². The predicted molar refractivity (Wildman–Crippen MR) is 111 cm³/mol. The first kappa shape index (κ1) is 18.3. The molecule has 2 aromatic carbocycles. The van der Waals surface area contributed by atoms with Crippen molar-refractivity contribution in [3.8, 4) is 22.2 Å². The van der Waals surface area contributed by atoms with Gasteiger partial charge in [-0.15, -0.1) is 21.5 Å². The summed E-state index contributed by atoms with van der Waals surface area (Å²) in [7, 11) is 3.29. The second kappa shape index (κ2) is 8.27. The van der Waals surface area contributed by atoms with E-state index in [4.69, 9.17) is 9.47 Å². The molecule has 4 rings (SSSR count). The lowest BCUT2D eigenvalue weighted by atomic mass is 10.1. The molecule has 0 bridgehead atoms. The number of hydrogen-bond donors (Lipinski definition) is 0. The molecule has 28 heavy (non-hydrogen) atoms. The van der Waals surface area contributed by atoms with Crippen molar-refractivity contribution < 1.29 is 9.47 Å². The molecule has 0 unspecified atom stereocenters. The number of rotatable bonds is 7. The van der Waals surface area contributed by atoms with Crippen molar-refractivity contribution in [1.29, 1.82) is 0 Å². The molecule has 0 amide bonds. The third-order valence-electron chi connectivity index (χ3n) is 4.56. The molecule has 6 heteroatoms. The van der Waals surface area contributed by atoms with E-state index < -0.39 is 0 Å². The van der Waals surface area contributed by atoms with Gasteiger partial charge in [0, 0.05) is 6.42 Å². The van der Waals surface area contributed by atoms with Crippen molar-refractivity contribution >= 4 is 11.3 Å². The molecule has 0 N–H and O–H groups in total. The van der Waals surface area contributed by atoms with Crippen molar-refractivity contribution in [3.63, 3.8) is 0 Å². The zero-order valence-corrected chi connectivity index (χ0v) is 16.6. The summed E-state index contributed by atoms with van der Waals surface area (Å²) in [6, 6.07) is 20.4. The number of methoxy groups -OCH3 is 2. The number of nitrogens with zero attached hydrogens (tertiary/aromatic N) is 3. The maximum Gasteiger partial charge on any atom is 0.174 e. The van der Waals surface area contributed by atoms with Crippen LogP contribution in [0.1, 0.15) is 17.0 Å². The highest BCUT2D eigenvalue weighted by atomic mass is 32.1. The number of hydrogen-bond acceptors (Lipinski definition) is 5. The largest absolute Gasteiger partial charge is 0.493 e. The van der Waals surface area contributed by atoms with Crippen LogP contribution in [0.4, 0.5) is 0 Å². The van der Waals surface area contributed by atoms with Crippen LogP contribution in [-0.4, -0.2) is 29.0 Å². The zero-order chi connectivity index (χ0) is 19.3. The summed E-state index contributed by atoms with van der Waals surface area (Å²) < 4.78 is 13.0. The molecule has 0 fully saturated rings. The standard InChI is InChI=1S/C22H21N3O2S/c1-26-18-11-10-17(13-19(18)27-2)14-21-23-24-22(20-9-6-12-28-20)25(21)15-16-7-4-3-5-8-16/h3-13H,14-15H2,1-2H3. The minimum absolute atomic E-state index is 0.658. The van der Waals surface area contributed by atoms with E-state index in [9.17, 15) is 0 Å². The first-order chi connectivity index (χ1) is 13.8. The van der Waals surface area contributed by atoms with Gasteiger partial charge in [0.05, 0.1) is 25.6 Å². The smallest absolute Gasteiger partial charge is 0.174 e. The Hall–Kier alpha value is -3.12. The SMILES string of the molecule is COc1ccc(Cc2nnc(-c3cccs3)n2Cc2ccccc2)cc1OC. The Morgan fingerprint density at radius 2 is 1.68 bits per heavy atom. The summed E-state index contributed by atoms with van der Waals surface area (Å²) in [5, 5.41) is 11.1. The summed E-state index contributed by atoms with van der Waals surface area (Å²) in [5.41, 5.74) is 2.31. The summed E-state index contributed by atoms with van der Waals surface area (Å²) in [6.45, 7) is 0.726. The lowest BCUT2D eigenvalue weighted by Crippen LogP contribution is -2.07. The monoisotopic (exact) mass is 391 g/mol. The van der Waals surface area contributed by atoms with Crippen LogP contribution in [0.3, 0.4) is 0 Å². The minimum atomic E-state index is 0.658. The Kier molecular flexibility index (Phi) is 5.39. The quantitative estimate of drug-likeness (QED) is 0.460. The second-order valence-corrected chi connectivity index (χ2v) is 7.30. The average molecular weight is 391 g/mol. The van der Waals surface area contributed by atoms with Gasteiger partial charge in [0.1, 0.15) is 5.82 Å². The number of benzene rings is 2. The van der Waals surface area contributed by atoms with Gasteiger partial charge in [0.25, 0.3) is 0 Å². The van der Waals surface area contributed by atoms with Gasteiger partial charge in [0.2, 0.25) is 0 Å². The van der Waals surface area contributed by atoms with Crippen LogP contribution < -0.4 is 9.47 Å². The van der Waals surface area contributed by atoms with E-state index in [-0.39, 0.29) is 0 Å². The second-order valence-electron chi connectivity index (χ2n) is 6.35. The van der Waals surface area contributed by atoms with Gasteiger partial charge in [-0.2, -0.15) is 0 Å². The molecular formula is C22H21N3O2S. The molecule has 2 heterocycles. The third-order valence-corrected chi connectivity index (χ3v) is 5.43. The molecule has 0 atom stereocenters. The highest BCUT2D eigenvalue weighted by Gasteiger charge is 2.16. The predicted octanol–water partition coefficient (Wildman–Crippen LogP) is 4.66. The zero-order valence-electron chi connectivity index (χ0n) is 15.8. The van der Waals surface area contributed by atoms with E-state index in [1.54, 1.807) is 25.6 Å². The van der Waals surface area contributed by atoms with Crippen molar-refractivity contribution in [3.05, 3.63) is 83.0 Å². The molecule has 4 aromatic rings. The number of aromatic nitrogens is 3. The average Bonchev–Trinajstić information content (AvgIpc) is 3.39. The summed E-state index contributed by atoms with van der Waals surface area (Å²) >= 11 is 1.67. The van der Waals surface area contributed by atoms with E-state index in [0.717, 1.165) is 34.4 Å². The maximum atomic E-state index is 5.44. The van der Waals surface area contributed by atoms with Crippen LogP contribution in [-0.2, 0) is 13.0 Å². The molecule has 0 saturated heterocycles. The summed E-state index contributed by atoms with van der Waals surface area (Å²) in [4.78, 5) is 1.11. The molecule has 142 valence electrons. The van der Waals surface area contributed by atoms with Gasteiger partial charge >= 0.3 is 0 Å². The molecule has 0 aliphatic heterocycles. The summed E-state index contributed by atoms with van der Waals surface area (Å²) in [6.07, 6.45) is 0.658. The molecule has 0 saturated carbocycles. The molecule has 5 nitrogen and oxygen atoms in total. The number of ether oxygens (including phenoxy) is 2. The van der Waals surface area contributed by atoms with Crippen LogP contribution in [0.25, 0.3) is 10.7 Å². The van der Waals surface area contributed by atoms with Crippen LogP contribution in [0, 0.1) is 0 Å². The first-order valence-electron chi connectivity index (χ1n) is 8.99. The van der Waals surface area contributed by atoms with E-state index >= 15 is 0 Å². The van der Waals surface area contributed by atoms with Gasteiger partial charge in [-0.1, -0.05) is 42.5 Å². The van der Waals surface area contributed by atoms with Crippen LogP contribution in [0.5, 0.6) is 11.5 Å². The van der Waals surface area contributed by atoms with E-state index in [2.05, 4.69) is 50.5 Å². The Morgan fingerprint density at radius 3 is 2.39 bits per heavy atom. The van der Waals surface area contributed by atoms with E-state index in [1.165, 1.54) is 5.56 Å². The fraction of sp³-hybridized carbons (Fsp3) is 0.182. The highest BCUT2D eigenvalue weighted by molar-refractivity contribution is 7.13. The third kappa shape index (κ3) is 3.77. The first-order valence-corrected chi connectivity index (χ1v) is 9.87. The molecule has 2 aromatic heterocycles. The fourth-order valence-corrected chi connectivity index (χ4v) is 3.88. The van der Waals surface area contributed by atoms with Crippen LogP contribution >= 0.6 is 11.3 Å². The minimum Gasteiger partial charge on any atom is -0.493 e. The Labute approximate surface area is 168 Å². The van der Waals surface area contributed by atoms with Crippen molar-refractivity contribution in [2.75, 3.05) is 14.2 Å². The van der Waals surface area contributed by atoms with Crippen molar-refractivity contribution in [1.82, 2.24) is 14.8 Å². The van der Waals surface area contributed by atoms with E-state index in [1.807, 2.05) is 30.3 Å². The van der Waals surface area contributed by atoms with Gasteiger partial charge in [-0.3, -0.25) is 0 Å². The van der Waals surface area contributed by atoms with Crippen molar-refractivity contribution in [2.24, 2.45) is 0 Å². The normalized spacial score (nSPS) is 10.8. The molecule has 0 aliphatic rings. The fourth-order valence-electron chi connectivity index (χ4n) is 3.16. The molecule has 0 aliphatic carbocycles. The molecule has 0 radical (unpaired) electrons. The lowest BCUT2D eigenvalue weighted by molar-refractivity contribution is 0.354. The number of thiophene rings is 1. The topological polar surface area (TPSA) is 49.2 Å². The van der Waals surface area contributed by atoms with Gasteiger partial charge in [0.15, 0.2) is 17.3 Å². The Balaban J connectivity index is 1.71. The van der Waals surface area contributed by atoms with Gasteiger partial charge in [-0.25, -0.2) is 0 Å². The van der Waals surface area contributed by atoms with Crippen molar-refractivity contribution in [2.45, 2.75) is 13.0 Å². The highest BCUT2D eigenvalue weighted by Crippen LogP contribution is 2.29. The summed E-state index contributed by atoms with van der Waals surface area (Å²) in [5.74, 6) is 3.25. The Morgan fingerprint density at radius 1 is 0.857 bits per heavy atom. The Bertz CT molecular complexity index is 1040. The maximum absolute atomic E-state index is 5.44.